The van der Waals surface area contributed by atoms with E-state index in [1.807, 2.05) is 31.2 Å². The molecule has 0 aliphatic carbocycles. The summed E-state index contributed by atoms with van der Waals surface area (Å²) in [5.41, 5.74) is 3.24. The number of carbonyl (C=O) groups excluding carboxylic acids is 2. The molecule has 0 saturated heterocycles. The second kappa shape index (κ2) is 12.8. The van der Waals surface area contributed by atoms with Gasteiger partial charge in [-0.05, 0) is 36.5 Å². The Balaban J connectivity index is 2.12. The fraction of sp³-hybridized carbons (Fsp3) is 0.440. The van der Waals surface area contributed by atoms with Crippen LogP contribution in [0.1, 0.15) is 43.9 Å². The van der Waals surface area contributed by atoms with Gasteiger partial charge in [-0.2, -0.15) is 0 Å². The van der Waals surface area contributed by atoms with E-state index in [2.05, 4.69) is 50.4 Å². The van der Waals surface area contributed by atoms with E-state index in [9.17, 15) is 9.59 Å². The first-order valence-corrected chi connectivity index (χ1v) is 12.3. The first kappa shape index (κ1) is 25.3. The van der Waals surface area contributed by atoms with Crippen molar-refractivity contribution >= 4 is 35.2 Å². The van der Waals surface area contributed by atoms with Crippen molar-refractivity contribution in [2.45, 2.75) is 52.5 Å². The van der Waals surface area contributed by atoms with Crippen molar-refractivity contribution in [2.75, 3.05) is 12.3 Å². The minimum absolute atomic E-state index is 0.0522. The van der Waals surface area contributed by atoms with Crippen LogP contribution in [0.5, 0.6) is 0 Å². The van der Waals surface area contributed by atoms with Crippen LogP contribution in [0.3, 0.4) is 0 Å². The van der Waals surface area contributed by atoms with Gasteiger partial charge in [0, 0.05) is 23.9 Å². The molecule has 0 bridgehead atoms. The highest BCUT2D eigenvalue weighted by Gasteiger charge is 2.28. The average Bonchev–Trinajstić information content (AvgIpc) is 2.74. The van der Waals surface area contributed by atoms with Gasteiger partial charge < -0.3 is 10.2 Å². The number of nitrogens with zero attached hydrogens (tertiary/aromatic N) is 1. The van der Waals surface area contributed by atoms with Crippen LogP contribution in [0.15, 0.2) is 48.5 Å². The number of rotatable bonds is 11. The van der Waals surface area contributed by atoms with E-state index in [0.717, 1.165) is 11.3 Å². The Morgan fingerprint density at radius 2 is 1.77 bits per heavy atom. The molecule has 6 heteroatoms. The molecule has 2 aromatic carbocycles. The Morgan fingerprint density at radius 3 is 2.39 bits per heavy atom. The van der Waals surface area contributed by atoms with Crippen molar-refractivity contribution < 1.29 is 9.59 Å². The summed E-state index contributed by atoms with van der Waals surface area (Å²) in [7, 11) is 0. The molecule has 0 saturated carbocycles. The van der Waals surface area contributed by atoms with Crippen molar-refractivity contribution in [1.29, 1.82) is 0 Å². The zero-order valence-electron chi connectivity index (χ0n) is 18.9. The van der Waals surface area contributed by atoms with Crippen LogP contribution in [0.25, 0.3) is 0 Å². The topological polar surface area (TPSA) is 49.4 Å². The fourth-order valence-corrected chi connectivity index (χ4v) is 4.24. The van der Waals surface area contributed by atoms with Crippen LogP contribution >= 0.6 is 23.4 Å². The number of aryl methyl sites for hydroxylation is 1. The van der Waals surface area contributed by atoms with E-state index in [0.29, 0.717) is 36.2 Å². The molecule has 0 fully saturated rings. The number of amides is 2. The maximum atomic E-state index is 13.2. The van der Waals surface area contributed by atoms with Crippen molar-refractivity contribution in [3.63, 3.8) is 0 Å². The van der Waals surface area contributed by atoms with E-state index in [4.69, 9.17) is 11.6 Å². The van der Waals surface area contributed by atoms with Crippen molar-refractivity contribution in [3.05, 3.63) is 70.2 Å². The molecule has 1 N–H and O–H groups in total. The highest BCUT2D eigenvalue weighted by Crippen LogP contribution is 2.21. The molecule has 0 radical (unpaired) electrons. The number of halogens is 1. The van der Waals surface area contributed by atoms with E-state index in [-0.39, 0.29) is 11.8 Å². The summed E-state index contributed by atoms with van der Waals surface area (Å²) < 4.78 is 0. The summed E-state index contributed by atoms with van der Waals surface area (Å²) in [5, 5.41) is 3.59. The van der Waals surface area contributed by atoms with Crippen molar-refractivity contribution in [3.8, 4) is 0 Å². The van der Waals surface area contributed by atoms with Gasteiger partial charge in [0.15, 0.2) is 0 Å². The molecule has 0 aromatic heterocycles. The predicted molar refractivity (Wildman–Crippen MR) is 131 cm³/mol. The molecule has 4 nitrogen and oxygen atoms in total. The maximum Gasteiger partial charge on any atom is 0.242 e. The van der Waals surface area contributed by atoms with Crippen LogP contribution in [0.2, 0.25) is 5.02 Å². The van der Waals surface area contributed by atoms with Crippen molar-refractivity contribution in [2.24, 2.45) is 5.92 Å². The van der Waals surface area contributed by atoms with Gasteiger partial charge in [-0.3, -0.25) is 9.59 Å². The Labute approximate surface area is 195 Å². The van der Waals surface area contributed by atoms with Crippen molar-refractivity contribution in [1.82, 2.24) is 10.2 Å². The minimum atomic E-state index is -0.525. The van der Waals surface area contributed by atoms with Gasteiger partial charge in [0.1, 0.15) is 6.04 Å². The van der Waals surface area contributed by atoms with Gasteiger partial charge in [0.25, 0.3) is 0 Å². The summed E-state index contributed by atoms with van der Waals surface area (Å²) in [6.45, 7) is 9.00. The normalized spacial score (nSPS) is 11.9. The molecule has 0 heterocycles. The zero-order chi connectivity index (χ0) is 22.8. The number of benzene rings is 2. The minimum Gasteiger partial charge on any atom is -0.354 e. The Morgan fingerprint density at radius 1 is 1.10 bits per heavy atom. The molecule has 0 aliphatic rings. The third-order valence-electron chi connectivity index (χ3n) is 4.98. The van der Waals surface area contributed by atoms with Crippen LogP contribution in [-0.2, 0) is 21.9 Å². The van der Waals surface area contributed by atoms with Gasteiger partial charge >= 0.3 is 0 Å². The summed E-state index contributed by atoms with van der Waals surface area (Å²) in [6.07, 6.45) is 0.544. The zero-order valence-corrected chi connectivity index (χ0v) is 20.4. The van der Waals surface area contributed by atoms with Crippen LogP contribution in [-0.4, -0.2) is 35.1 Å². The SMILES string of the molecule is CC[C@@H](C(=O)NCC(C)C)N(Cc1ccccc1Cl)C(=O)CSCc1ccc(C)cc1. The summed E-state index contributed by atoms with van der Waals surface area (Å²) >= 11 is 7.92. The summed E-state index contributed by atoms with van der Waals surface area (Å²) in [6, 6.07) is 15.3. The predicted octanol–water partition coefficient (Wildman–Crippen LogP) is 5.46. The molecule has 1 atom stereocenters. The van der Waals surface area contributed by atoms with Gasteiger partial charge in [0.05, 0.1) is 5.75 Å². The number of hydrogen-bond donors (Lipinski definition) is 1. The second-order valence-corrected chi connectivity index (χ2v) is 9.55. The van der Waals surface area contributed by atoms with E-state index in [1.165, 1.54) is 11.1 Å². The maximum absolute atomic E-state index is 13.2. The molecular formula is C25H33ClN2O2S. The highest BCUT2D eigenvalue weighted by atomic mass is 35.5. The van der Waals surface area contributed by atoms with E-state index < -0.39 is 6.04 Å². The average molecular weight is 461 g/mol. The lowest BCUT2D eigenvalue weighted by Crippen LogP contribution is -2.50. The van der Waals surface area contributed by atoms with Gasteiger partial charge in [-0.25, -0.2) is 0 Å². The molecule has 31 heavy (non-hydrogen) atoms. The van der Waals surface area contributed by atoms with Crippen LogP contribution in [0.4, 0.5) is 0 Å². The lowest BCUT2D eigenvalue weighted by molar-refractivity contribution is -0.139. The molecular weight excluding hydrogens is 428 g/mol. The number of hydrogen-bond acceptors (Lipinski definition) is 3. The number of carbonyl (C=O) groups is 2. The third kappa shape index (κ3) is 8.23. The molecule has 0 unspecified atom stereocenters. The fourth-order valence-electron chi connectivity index (χ4n) is 3.18. The van der Waals surface area contributed by atoms with Gasteiger partial charge in [-0.15, -0.1) is 11.8 Å². The molecule has 0 spiro atoms. The first-order valence-electron chi connectivity index (χ1n) is 10.8. The largest absolute Gasteiger partial charge is 0.354 e. The Bertz CT molecular complexity index is 855. The standard InChI is InChI=1S/C25H33ClN2O2S/c1-5-23(25(30)27-14-18(2)3)28(15-21-8-6-7-9-22(21)26)24(29)17-31-16-20-12-10-19(4)11-13-20/h6-13,18,23H,5,14-17H2,1-4H3,(H,27,30)/t23-/m0/s1. The second-order valence-electron chi connectivity index (χ2n) is 8.15. The van der Waals surface area contributed by atoms with Gasteiger partial charge in [0.2, 0.25) is 11.8 Å². The Hall–Kier alpha value is -1.98. The Kier molecular flexibility index (Phi) is 10.4. The molecule has 2 rings (SSSR count). The number of thioether (sulfide) groups is 1. The van der Waals surface area contributed by atoms with Gasteiger partial charge in [-0.1, -0.05) is 80.4 Å². The molecule has 2 aromatic rings. The summed E-state index contributed by atoms with van der Waals surface area (Å²) in [4.78, 5) is 27.8. The van der Waals surface area contributed by atoms with E-state index in [1.54, 1.807) is 16.7 Å². The lowest BCUT2D eigenvalue weighted by Gasteiger charge is -2.31. The van der Waals surface area contributed by atoms with Crippen LogP contribution in [0, 0.1) is 12.8 Å². The smallest absolute Gasteiger partial charge is 0.242 e. The first-order chi connectivity index (χ1) is 14.8. The third-order valence-corrected chi connectivity index (χ3v) is 6.34. The monoisotopic (exact) mass is 460 g/mol. The number of nitrogens with one attached hydrogen (secondary N) is 1. The quantitative estimate of drug-likeness (QED) is 0.484. The van der Waals surface area contributed by atoms with E-state index >= 15 is 0 Å². The van der Waals surface area contributed by atoms with Crippen LogP contribution < -0.4 is 5.32 Å². The molecule has 0 aliphatic heterocycles. The molecule has 2 amide bonds. The molecule has 168 valence electrons. The lowest BCUT2D eigenvalue weighted by atomic mass is 10.1. The summed E-state index contributed by atoms with van der Waals surface area (Å²) in [5.74, 6) is 1.25. The highest BCUT2D eigenvalue weighted by molar-refractivity contribution is 7.99.